The number of benzene rings is 1. The highest BCUT2D eigenvalue weighted by Gasteiger charge is 2.25. The fraction of sp³-hybridized carbons (Fsp3) is 0.357. The van der Waals surface area contributed by atoms with Gasteiger partial charge in [-0.1, -0.05) is 30.4 Å². The summed E-state index contributed by atoms with van der Waals surface area (Å²) in [5.74, 6) is 0.850. The van der Waals surface area contributed by atoms with Crippen LogP contribution in [0.25, 0.3) is 0 Å². The van der Waals surface area contributed by atoms with Crippen LogP contribution in [0.4, 0.5) is 0 Å². The Hall–Kier alpha value is -1.77. The molecule has 1 aromatic rings. The lowest BCUT2D eigenvalue weighted by Gasteiger charge is -2.24. The Balaban J connectivity index is 1.97. The molecule has 0 saturated heterocycles. The van der Waals surface area contributed by atoms with Crippen molar-refractivity contribution in [1.82, 2.24) is 5.32 Å². The molecule has 0 spiro atoms. The van der Waals surface area contributed by atoms with Crippen LogP contribution in [0.3, 0.4) is 0 Å². The largest absolute Gasteiger partial charge is 0.492 e. The van der Waals surface area contributed by atoms with Gasteiger partial charge >= 0.3 is 0 Å². The number of ether oxygens (including phenoxy) is 1. The lowest BCUT2D eigenvalue weighted by molar-refractivity contribution is -0.126. The maximum Gasteiger partial charge on any atom is 0.227 e. The Labute approximate surface area is 101 Å². The third-order valence-electron chi connectivity index (χ3n) is 2.81. The highest BCUT2D eigenvalue weighted by atomic mass is 16.5. The summed E-state index contributed by atoms with van der Waals surface area (Å²) in [6.45, 7) is 6.65. The van der Waals surface area contributed by atoms with Crippen LogP contribution in [0, 0.1) is 5.92 Å². The minimum atomic E-state index is -0.0933. The highest BCUT2D eigenvalue weighted by molar-refractivity contribution is 5.79. The molecule has 0 aliphatic carbocycles. The molecule has 1 aromatic carbocycles. The Morgan fingerprint density at radius 1 is 1.53 bits per heavy atom. The second kappa shape index (κ2) is 5.04. The molecular formula is C14H17NO2. The maximum absolute atomic E-state index is 11.9. The van der Waals surface area contributed by atoms with Crippen LogP contribution in [0.2, 0.25) is 0 Å². The van der Waals surface area contributed by atoms with Gasteiger partial charge in [-0.25, -0.2) is 0 Å². The number of amides is 1. The van der Waals surface area contributed by atoms with Crippen molar-refractivity contribution >= 4 is 5.91 Å². The van der Waals surface area contributed by atoms with Gasteiger partial charge in [0.2, 0.25) is 5.91 Å². The normalized spacial score (nSPS) is 17.8. The molecule has 1 aliphatic rings. The molecule has 1 atom stereocenters. The van der Waals surface area contributed by atoms with Gasteiger partial charge in [0.1, 0.15) is 12.4 Å². The zero-order valence-electron chi connectivity index (χ0n) is 10.0. The molecule has 17 heavy (non-hydrogen) atoms. The van der Waals surface area contributed by atoms with E-state index >= 15 is 0 Å². The van der Waals surface area contributed by atoms with Crippen molar-refractivity contribution in [3.05, 3.63) is 42.0 Å². The SMILES string of the molecule is C=C(C)CNC(=O)C1COc2ccccc2C1. The second-order valence-electron chi connectivity index (χ2n) is 4.49. The van der Waals surface area contributed by atoms with E-state index in [9.17, 15) is 4.79 Å². The molecule has 1 unspecified atom stereocenters. The predicted octanol–water partition coefficient (Wildman–Crippen LogP) is 1.93. The quantitative estimate of drug-likeness (QED) is 0.807. The molecule has 0 aromatic heterocycles. The fourth-order valence-electron chi connectivity index (χ4n) is 1.88. The summed E-state index contributed by atoms with van der Waals surface area (Å²) in [7, 11) is 0. The van der Waals surface area contributed by atoms with Crippen molar-refractivity contribution < 1.29 is 9.53 Å². The summed E-state index contributed by atoms with van der Waals surface area (Å²) in [4.78, 5) is 11.9. The van der Waals surface area contributed by atoms with Gasteiger partial charge in [0, 0.05) is 6.54 Å². The molecule has 0 fully saturated rings. The predicted molar refractivity (Wildman–Crippen MR) is 67.0 cm³/mol. The van der Waals surface area contributed by atoms with Crippen molar-refractivity contribution in [2.45, 2.75) is 13.3 Å². The van der Waals surface area contributed by atoms with Crippen LogP contribution >= 0.6 is 0 Å². The van der Waals surface area contributed by atoms with Crippen LogP contribution in [0.15, 0.2) is 36.4 Å². The Bertz CT molecular complexity index is 440. The van der Waals surface area contributed by atoms with E-state index in [1.807, 2.05) is 31.2 Å². The van der Waals surface area contributed by atoms with Crippen LogP contribution in [-0.4, -0.2) is 19.1 Å². The van der Waals surface area contributed by atoms with E-state index in [0.717, 1.165) is 23.3 Å². The fourth-order valence-corrected chi connectivity index (χ4v) is 1.88. The van der Waals surface area contributed by atoms with Gasteiger partial charge in [0.05, 0.1) is 5.92 Å². The molecular weight excluding hydrogens is 214 g/mol. The monoisotopic (exact) mass is 231 g/mol. The number of hydrogen-bond acceptors (Lipinski definition) is 2. The number of fused-ring (bicyclic) bond motifs is 1. The Kier molecular flexibility index (Phi) is 3.47. The molecule has 1 heterocycles. The van der Waals surface area contributed by atoms with Crippen molar-refractivity contribution in [2.75, 3.05) is 13.2 Å². The Morgan fingerprint density at radius 2 is 2.29 bits per heavy atom. The molecule has 1 amide bonds. The van der Waals surface area contributed by atoms with E-state index in [4.69, 9.17) is 4.74 Å². The van der Waals surface area contributed by atoms with Gasteiger partial charge in [0.15, 0.2) is 0 Å². The number of carbonyl (C=O) groups is 1. The minimum absolute atomic E-state index is 0.0440. The first-order valence-corrected chi connectivity index (χ1v) is 5.79. The minimum Gasteiger partial charge on any atom is -0.492 e. The van der Waals surface area contributed by atoms with E-state index in [1.54, 1.807) is 0 Å². The smallest absolute Gasteiger partial charge is 0.227 e. The third kappa shape index (κ3) is 2.87. The zero-order chi connectivity index (χ0) is 12.3. The number of para-hydroxylation sites is 1. The average molecular weight is 231 g/mol. The molecule has 3 heteroatoms. The van der Waals surface area contributed by atoms with Crippen molar-refractivity contribution in [1.29, 1.82) is 0 Å². The van der Waals surface area contributed by atoms with Crippen LogP contribution in [0.1, 0.15) is 12.5 Å². The number of carbonyl (C=O) groups excluding carboxylic acids is 1. The van der Waals surface area contributed by atoms with E-state index < -0.39 is 0 Å². The summed E-state index contributed by atoms with van der Waals surface area (Å²) < 4.78 is 5.58. The van der Waals surface area contributed by atoms with Gasteiger partial charge in [0.25, 0.3) is 0 Å². The topological polar surface area (TPSA) is 38.3 Å². The molecule has 90 valence electrons. The molecule has 0 saturated carbocycles. The molecule has 3 nitrogen and oxygen atoms in total. The van der Waals surface area contributed by atoms with Crippen LogP contribution < -0.4 is 10.1 Å². The Morgan fingerprint density at radius 3 is 3.06 bits per heavy atom. The summed E-state index contributed by atoms with van der Waals surface area (Å²) >= 11 is 0. The summed E-state index contributed by atoms with van der Waals surface area (Å²) in [6, 6.07) is 7.86. The molecule has 0 radical (unpaired) electrons. The first-order chi connectivity index (χ1) is 8.16. The van der Waals surface area contributed by atoms with Crippen molar-refractivity contribution in [3.63, 3.8) is 0 Å². The second-order valence-corrected chi connectivity index (χ2v) is 4.49. The number of nitrogens with one attached hydrogen (secondary N) is 1. The molecule has 1 aliphatic heterocycles. The zero-order valence-corrected chi connectivity index (χ0v) is 10.0. The summed E-state index contributed by atoms with van der Waals surface area (Å²) in [5.41, 5.74) is 2.06. The first kappa shape index (κ1) is 11.7. The van der Waals surface area contributed by atoms with E-state index in [-0.39, 0.29) is 11.8 Å². The summed E-state index contributed by atoms with van der Waals surface area (Å²) in [5, 5.41) is 2.86. The number of rotatable bonds is 3. The lowest BCUT2D eigenvalue weighted by Crippen LogP contribution is -2.37. The maximum atomic E-state index is 11.9. The molecule has 2 rings (SSSR count). The van der Waals surface area contributed by atoms with E-state index in [2.05, 4.69) is 11.9 Å². The van der Waals surface area contributed by atoms with Gasteiger partial charge in [-0.15, -0.1) is 0 Å². The van der Waals surface area contributed by atoms with Crippen molar-refractivity contribution in [2.24, 2.45) is 5.92 Å². The third-order valence-corrected chi connectivity index (χ3v) is 2.81. The first-order valence-electron chi connectivity index (χ1n) is 5.79. The van der Waals surface area contributed by atoms with Crippen LogP contribution in [-0.2, 0) is 11.2 Å². The van der Waals surface area contributed by atoms with Gasteiger partial charge in [-0.05, 0) is 25.0 Å². The highest BCUT2D eigenvalue weighted by Crippen LogP contribution is 2.26. The van der Waals surface area contributed by atoms with Gasteiger partial charge in [-0.3, -0.25) is 4.79 Å². The van der Waals surface area contributed by atoms with E-state index in [0.29, 0.717) is 13.2 Å². The average Bonchev–Trinajstić information content (AvgIpc) is 2.35. The van der Waals surface area contributed by atoms with Crippen molar-refractivity contribution in [3.8, 4) is 5.75 Å². The van der Waals surface area contributed by atoms with Gasteiger partial charge < -0.3 is 10.1 Å². The summed E-state index contributed by atoms with van der Waals surface area (Å²) in [6.07, 6.45) is 0.748. The molecule has 1 N–H and O–H groups in total. The van der Waals surface area contributed by atoms with Crippen LogP contribution in [0.5, 0.6) is 5.75 Å². The lowest BCUT2D eigenvalue weighted by atomic mass is 9.96. The standard InChI is InChI=1S/C14H17NO2/c1-10(2)8-15-14(16)12-7-11-5-3-4-6-13(11)17-9-12/h3-6,12H,1,7-9H2,2H3,(H,15,16). The van der Waals surface area contributed by atoms with Gasteiger partial charge in [-0.2, -0.15) is 0 Å². The molecule has 0 bridgehead atoms. The number of hydrogen-bond donors (Lipinski definition) is 1. The van der Waals surface area contributed by atoms with E-state index in [1.165, 1.54) is 0 Å².